The summed E-state index contributed by atoms with van der Waals surface area (Å²) in [6.45, 7) is 3.24. The Kier molecular flexibility index (Phi) is 4.85. The van der Waals surface area contributed by atoms with E-state index in [0.29, 0.717) is 15.6 Å². The van der Waals surface area contributed by atoms with Crippen LogP contribution in [0.15, 0.2) is 36.7 Å². The van der Waals surface area contributed by atoms with Crippen LogP contribution in [0.4, 0.5) is 0 Å². The number of halogens is 2. The summed E-state index contributed by atoms with van der Waals surface area (Å²) < 4.78 is 0. The Balaban J connectivity index is 1.88. The number of nitrogens with zero attached hydrogens (tertiary/aromatic N) is 3. The van der Waals surface area contributed by atoms with Gasteiger partial charge in [0.2, 0.25) is 0 Å². The van der Waals surface area contributed by atoms with E-state index in [9.17, 15) is 4.79 Å². The molecule has 0 aliphatic carbocycles. The molecule has 0 unspecified atom stereocenters. The van der Waals surface area contributed by atoms with E-state index in [-0.39, 0.29) is 5.91 Å². The zero-order valence-corrected chi connectivity index (χ0v) is 14.3. The van der Waals surface area contributed by atoms with E-state index in [1.165, 1.54) is 0 Å². The number of rotatable bonds is 2. The topological polar surface area (TPSA) is 36.4 Å². The van der Waals surface area contributed by atoms with Crippen molar-refractivity contribution in [2.45, 2.75) is 0 Å². The minimum absolute atomic E-state index is 0.00519. The Morgan fingerprint density at radius 2 is 1.87 bits per heavy atom. The largest absolute Gasteiger partial charge is 0.336 e. The lowest BCUT2D eigenvalue weighted by atomic mass is 10.1. The second kappa shape index (κ2) is 6.87. The molecule has 3 rings (SSSR count). The van der Waals surface area contributed by atoms with Crippen LogP contribution in [0, 0.1) is 0 Å². The van der Waals surface area contributed by atoms with Crippen LogP contribution in [-0.2, 0) is 0 Å². The van der Waals surface area contributed by atoms with Gasteiger partial charge in [0.25, 0.3) is 5.91 Å². The third-order valence-corrected chi connectivity index (χ3v) is 4.86. The number of likely N-dealkylation sites (N-methyl/N-ethyl adjacent to an activating group) is 1. The Morgan fingerprint density at radius 1 is 1.13 bits per heavy atom. The van der Waals surface area contributed by atoms with Gasteiger partial charge in [0.1, 0.15) is 0 Å². The van der Waals surface area contributed by atoms with Gasteiger partial charge in [-0.25, -0.2) is 0 Å². The predicted molar refractivity (Wildman–Crippen MR) is 93.1 cm³/mol. The van der Waals surface area contributed by atoms with Crippen LogP contribution in [0.3, 0.4) is 0 Å². The second-order valence-electron chi connectivity index (χ2n) is 5.66. The van der Waals surface area contributed by atoms with Gasteiger partial charge in [0.05, 0.1) is 15.6 Å². The van der Waals surface area contributed by atoms with E-state index in [4.69, 9.17) is 23.2 Å². The van der Waals surface area contributed by atoms with Crippen molar-refractivity contribution in [3.63, 3.8) is 0 Å². The molecule has 1 saturated heterocycles. The maximum atomic E-state index is 12.7. The molecule has 23 heavy (non-hydrogen) atoms. The molecular weight excluding hydrogens is 333 g/mol. The number of piperazine rings is 1. The Bertz CT molecular complexity index is 728. The van der Waals surface area contributed by atoms with Crippen molar-refractivity contribution in [2.24, 2.45) is 0 Å². The highest BCUT2D eigenvalue weighted by atomic mass is 35.5. The highest BCUT2D eigenvalue weighted by molar-refractivity contribution is 6.43. The van der Waals surface area contributed by atoms with Gasteiger partial charge in [-0.15, -0.1) is 0 Å². The van der Waals surface area contributed by atoms with E-state index in [2.05, 4.69) is 16.9 Å². The summed E-state index contributed by atoms with van der Waals surface area (Å²) in [5.41, 5.74) is 2.14. The summed E-state index contributed by atoms with van der Waals surface area (Å²) in [4.78, 5) is 20.9. The second-order valence-corrected chi connectivity index (χ2v) is 6.44. The van der Waals surface area contributed by atoms with Gasteiger partial charge in [0, 0.05) is 49.7 Å². The van der Waals surface area contributed by atoms with Crippen molar-refractivity contribution in [1.82, 2.24) is 14.8 Å². The van der Waals surface area contributed by atoms with E-state index >= 15 is 0 Å². The molecule has 0 atom stereocenters. The number of hydrogen-bond acceptors (Lipinski definition) is 3. The first-order chi connectivity index (χ1) is 11.1. The SMILES string of the molecule is CN1CCN(C(=O)c2cncc(-c3cccc(Cl)c3Cl)c2)CC1. The molecule has 0 spiro atoms. The molecule has 0 bridgehead atoms. The molecule has 1 aromatic heterocycles. The first-order valence-electron chi connectivity index (χ1n) is 7.43. The first-order valence-corrected chi connectivity index (χ1v) is 8.19. The summed E-state index contributed by atoms with van der Waals surface area (Å²) in [7, 11) is 2.06. The third kappa shape index (κ3) is 3.50. The highest BCUT2D eigenvalue weighted by Crippen LogP contribution is 2.33. The summed E-state index contributed by atoms with van der Waals surface area (Å²) in [6.07, 6.45) is 3.29. The lowest BCUT2D eigenvalue weighted by molar-refractivity contribution is 0.0663. The molecule has 2 heterocycles. The molecule has 0 saturated carbocycles. The fourth-order valence-electron chi connectivity index (χ4n) is 2.62. The molecule has 120 valence electrons. The maximum absolute atomic E-state index is 12.7. The fraction of sp³-hybridized carbons (Fsp3) is 0.294. The van der Waals surface area contributed by atoms with Gasteiger partial charge in [-0.3, -0.25) is 9.78 Å². The van der Waals surface area contributed by atoms with Crippen molar-refractivity contribution in [2.75, 3.05) is 33.2 Å². The van der Waals surface area contributed by atoms with Crippen LogP contribution in [0.1, 0.15) is 10.4 Å². The molecular formula is C17H17Cl2N3O. The van der Waals surface area contributed by atoms with Crippen LogP contribution in [0.5, 0.6) is 0 Å². The Labute approximate surface area is 145 Å². The molecule has 4 nitrogen and oxygen atoms in total. The number of pyridine rings is 1. The molecule has 0 N–H and O–H groups in total. The van der Waals surface area contributed by atoms with E-state index in [1.54, 1.807) is 18.5 Å². The molecule has 1 aliphatic heterocycles. The van der Waals surface area contributed by atoms with Crippen molar-refractivity contribution in [3.8, 4) is 11.1 Å². The predicted octanol–water partition coefficient (Wildman–Crippen LogP) is 3.44. The number of carbonyl (C=O) groups is 1. The van der Waals surface area contributed by atoms with Gasteiger partial charge in [-0.1, -0.05) is 35.3 Å². The summed E-state index contributed by atoms with van der Waals surface area (Å²) in [5.74, 6) is 0.00519. The number of aromatic nitrogens is 1. The molecule has 1 aliphatic rings. The van der Waals surface area contributed by atoms with Crippen molar-refractivity contribution in [1.29, 1.82) is 0 Å². The van der Waals surface area contributed by atoms with Crippen LogP contribution < -0.4 is 0 Å². The fourth-order valence-corrected chi connectivity index (χ4v) is 3.03. The molecule has 1 fully saturated rings. The highest BCUT2D eigenvalue weighted by Gasteiger charge is 2.21. The standard InChI is InChI=1S/C17H17Cl2N3O/c1-21-5-7-22(8-6-21)17(23)13-9-12(10-20-11-13)14-3-2-4-15(18)16(14)19/h2-4,9-11H,5-8H2,1H3. The number of hydrogen-bond donors (Lipinski definition) is 0. The number of benzene rings is 1. The normalized spacial score (nSPS) is 15.7. The molecule has 6 heteroatoms. The molecule has 1 aromatic carbocycles. The molecule has 0 radical (unpaired) electrons. The minimum atomic E-state index is 0.00519. The van der Waals surface area contributed by atoms with Gasteiger partial charge in [-0.05, 0) is 19.2 Å². The average molecular weight is 350 g/mol. The van der Waals surface area contributed by atoms with Gasteiger partial charge < -0.3 is 9.80 Å². The van der Waals surface area contributed by atoms with Gasteiger partial charge >= 0.3 is 0 Å². The third-order valence-electron chi connectivity index (χ3n) is 4.04. The van der Waals surface area contributed by atoms with Gasteiger partial charge in [0.15, 0.2) is 0 Å². The molecule has 2 aromatic rings. The van der Waals surface area contributed by atoms with E-state index in [0.717, 1.165) is 37.3 Å². The summed E-state index contributed by atoms with van der Waals surface area (Å²) in [6, 6.07) is 7.26. The van der Waals surface area contributed by atoms with E-state index < -0.39 is 0 Å². The zero-order chi connectivity index (χ0) is 16.4. The van der Waals surface area contributed by atoms with Crippen LogP contribution in [-0.4, -0.2) is 53.9 Å². The summed E-state index contributed by atoms with van der Waals surface area (Å²) >= 11 is 12.3. The Hall–Kier alpha value is -1.62. The quantitative estimate of drug-likeness (QED) is 0.833. The van der Waals surface area contributed by atoms with Crippen molar-refractivity contribution >= 4 is 29.1 Å². The van der Waals surface area contributed by atoms with Gasteiger partial charge in [-0.2, -0.15) is 0 Å². The van der Waals surface area contributed by atoms with Crippen molar-refractivity contribution < 1.29 is 4.79 Å². The lowest BCUT2D eigenvalue weighted by Crippen LogP contribution is -2.47. The number of carbonyl (C=O) groups excluding carboxylic acids is 1. The van der Waals surface area contributed by atoms with Crippen LogP contribution in [0.25, 0.3) is 11.1 Å². The minimum Gasteiger partial charge on any atom is -0.336 e. The Morgan fingerprint density at radius 3 is 2.61 bits per heavy atom. The first kappa shape index (κ1) is 16.2. The number of amides is 1. The summed E-state index contributed by atoms with van der Waals surface area (Å²) in [5, 5.41) is 0.958. The lowest BCUT2D eigenvalue weighted by Gasteiger charge is -2.32. The molecule has 1 amide bonds. The smallest absolute Gasteiger partial charge is 0.255 e. The van der Waals surface area contributed by atoms with Crippen LogP contribution in [0.2, 0.25) is 10.0 Å². The van der Waals surface area contributed by atoms with Crippen LogP contribution >= 0.6 is 23.2 Å². The van der Waals surface area contributed by atoms with E-state index in [1.807, 2.05) is 23.1 Å². The zero-order valence-electron chi connectivity index (χ0n) is 12.8. The maximum Gasteiger partial charge on any atom is 0.255 e. The monoisotopic (exact) mass is 349 g/mol. The van der Waals surface area contributed by atoms with Crippen molar-refractivity contribution in [3.05, 3.63) is 52.3 Å². The average Bonchev–Trinajstić information content (AvgIpc) is 2.57.